The van der Waals surface area contributed by atoms with Crippen molar-refractivity contribution in [2.45, 2.75) is 19.8 Å². The van der Waals surface area contributed by atoms with Gasteiger partial charge in [-0.05, 0) is 18.6 Å². The minimum absolute atomic E-state index is 0.0582. The summed E-state index contributed by atoms with van der Waals surface area (Å²) in [4.78, 5) is 15.4. The van der Waals surface area contributed by atoms with Crippen molar-refractivity contribution in [2.24, 2.45) is 0 Å². The molecular formula is C12H19N3O. The molecule has 0 unspecified atom stereocenters. The second kappa shape index (κ2) is 7.82. The van der Waals surface area contributed by atoms with Crippen LogP contribution in [0.25, 0.3) is 0 Å². The molecule has 0 aliphatic rings. The third kappa shape index (κ3) is 5.46. The van der Waals surface area contributed by atoms with E-state index in [0.29, 0.717) is 6.54 Å². The average Bonchev–Trinajstić information content (AvgIpc) is 2.33. The van der Waals surface area contributed by atoms with Gasteiger partial charge in [-0.2, -0.15) is 0 Å². The molecular weight excluding hydrogens is 202 g/mol. The van der Waals surface area contributed by atoms with E-state index in [-0.39, 0.29) is 5.91 Å². The summed E-state index contributed by atoms with van der Waals surface area (Å²) >= 11 is 0. The molecule has 0 aliphatic carbocycles. The van der Waals surface area contributed by atoms with Crippen molar-refractivity contribution in [3.05, 3.63) is 30.1 Å². The van der Waals surface area contributed by atoms with E-state index in [1.54, 1.807) is 6.20 Å². The number of nitrogens with one attached hydrogen (secondary N) is 2. The maximum absolute atomic E-state index is 11.2. The molecule has 0 spiro atoms. The average molecular weight is 221 g/mol. The summed E-state index contributed by atoms with van der Waals surface area (Å²) in [7, 11) is 0. The first-order valence-electron chi connectivity index (χ1n) is 5.70. The minimum atomic E-state index is 0.0582. The molecule has 0 radical (unpaired) electrons. The number of hydrogen-bond acceptors (Lipinski definition) is 3. The van der Waals surface area contributed by atoms with Gasteiger partial charge in [0.05, 0.1) is 6.54 Å². The Morgan fingerprint density at radius 1 is 1.38 bits per heavy atom. The Morgan fingerprint density at radius 3 is 2.94 bits per heavy atom. The highest BCUT2D eigenvalue weighted by Gasteiger charge is 1.98. The number of pyridine rings is 1. The Balaban J connectivity index is 2.06. The van der Waals surface area contributed by atoms with Crippen LogP contribution in [0.3, 0.4) is 0 Å². The van der Waals surface area contributed by atoms with Crippen molar-refractivity contribution in [3.63, 3.8) is 0 Å². The molecule has 1 heterocycles. The van der Waals surface area contributed by atoms with Crippen LogP contribution in [0.5, 0.6) is 0 Å². The van der Waals surface area contributed by atoms with Gasteiger partial charge in [-0.3, -0.25) is 9.78 Å². The van der Waals surface area contributed by atoms with E-state index in [4.69, 9.17) is 0 Å². The van der Waals surface area contributed by atoms with Crippen molar-refractivity contribution < 1.29 is 4.79 Å². The quantitative estimate of drug-likeness (QED) is 0.668. The maximum atomic E-state index is 11.2. The first-order valence-corrected chi connectivity index (χ1v) is 5.70. The van der Waals surface area contributed by atoms with E-state index >= 15 is 0 Å². The highest BCUT2D eigenvalue weighted by atomic mass is 16.1. The van der Waals surface area contributed by atoms with E-state index < -0.39 is 0 Å². The lowest BCUT2D eigenvalue weighted by molar-refractivity contribution is -0.120. The molecule has 4 heteroatoms. The topological polar surface area (TPSA) is 54.0 Å². The van der Waals surface area contributed by atoms with Gasteiger partial charge in [0, 0.05) is 31.4 Å². The molecule has 0 saturated heterocycles. The monoisotopic (exact) mass is 221 g/mol. The second-order valence-electron chi connectivity index (χ2n) is 3.60. The number of rotatable bonds is 7. The Hall–Kier alpha value is -1.42. The number of amides is 1. The van der Waals surface area contributed by atoms with E-state index in [1.807, 2.05) is 25.1 Å². The zero-order valence-electron chi connectivity index (χ0n) is 9.70. The molecule has 4 nitrogen and oxygen atoms in total. The number of carbonyl (C=O) groups is 1. The molecule has 16 heavy (non-hydrogen) atoms. The van der Waals surface area contributed by atoms with Gasteiger partial charge >= 0.3 is 0 Å². The lowest BCUT2D eigenvalue weighted by atomic mass is 10.3. The molecule has 1 aromatic heterocycles. The highest BCUT2D eigenvalue weighted by molar-refractivity contribution is 5.77. The predicted molar refractivity (Wildman–Crippen MR) is 64.1 cm³/mol. The largest absolute Gasteiger partial charge is 0.355 e. The number of aromatic nitrogens is 1. The van der Waals surface area contributed by atoms with Crippen LogP contribution in [0.15, 0.2) is 24.4 Å². The van der Waals surface area contributed by atoms with Crippen LogP contribution in [0, 0.1) is 0 Å². The van der Waals surface area contributed by atoms with Crippen molar-refractivity contribution >= 4 is 5.91 Å². The molecule has 1 amide bonds. The predicted octanol–water partition coefficient (Wildman–Crippen LogP) is 0.740. The fraction of sp³-hybridized carbons (Fsp3) is 0.500. The van der Waals surface area contributed by atoms with Crippen LogP contribution in [0.1, 0.15) is 19.0 Å². The highest BCUT2D eigenvalue weighted by Crippen LogP contribution is 1.92. The number of carbonyl (C=O) groups excluding carboxylic acids is 1. The summed E-state index contributed by atoms with van der Waals surface area (Å²) in [5, 5.41) is 5.90. The van der Waals surface area contributed by atoms with Crippen molar-refractivity contribution in [3.8, 4) is 0 Å². The van der Waals surface area contributed by atoms with Gasteiger partial charge in [0.15, 0.2) is 0 Å². The third-order valence-corrected chi connectivity index (χ3v) is 2.14. The fourth-order valence-corrected chi connectivity index (χ4v) is 1.29. The Labute approximate surface area is 96.5 Å². The minimum Gasteiger partial charge on any atom is -0.355 e. The van der Waals surface area contributed by atoms with Crippen LogP contribution in [-0.4, -0.2) is 30.5 Å². The van der Waals surface area contributed by atoms with Crippen molar-refractivity contribution in [1.29, 1.82) is 0 Å². The lowest BCUT2D eigenvalue weighted by Gasteiger charge is -2.05. The molecule has 1 rings (SSSR count). The zero-order chi connectivity index (χ0) is 11.6. The summed E-state index contributed by atoms with van der Waals surface area (Å²) < 4.78 is 0. The molecule has 2 N–H and O–H groups in total. The van der Waals surface area contributed by atoms with E-state index in [1.165, 1.54) is 0 Å². The molecule has 0 aromatic carbocycles. The van der Waals surface area contributed by atoms with E-state index in [0.717, 1.165) is 31.6 Å². The fourth-order valence-electron chi connectivity index (χ4n) is 1.29. The third-order valence-electron chi connectivity index (χ3n) is 2.14. The Bertz CT molecular complexity index is 300. The van der Waals surface area contributed by atoms with Gasteiger partial charge in [0.2, 0.25) is 5.91 Å². The maximum Gasteiger partial charge on any atom is 0.233 e. The van der Waals surface area contributed by atoms with Crippen LogP contribution in [-0.2, 0) is 11.2 Å². The molecule has 0 aliphatic heterocycles. The van der Waals surface area contributed by atoms with Gasteiger partial charge in [0.25, 0.3) is 0 Å². The van der Waals surface area contributed by atoms with Crippen LogP contribution >= 0.6 is 0 Å². The molecule has 0 bridgehead atoms. The van der Waals surface area contributed by atoms with E-state index in [2.05, 4.69) is 15.6 Å². The Morgan fingerprint density at radius 2 is 2.25 bits per heavy atom. The van der Waals surface area contributed by atoms with Crippen LogP contribution in [0.4, 0.5) is 0 Å². The van der Waals surface area contributed by atoms with E-state index in [9.17, 15) is 4.79 Å². The normalized spacial score (nSPS) is 10.1. The summed E-state index contributed by atoms with van der Waals surface area (Å²) in [5.74, 6) is 0.0582. The number of nitrogens with zero attached hydrogens (tertiary/aromatic N) is 1. The summed E-state index contributed by atoms with van der Waals surface area (Å²) in [6.07, 6.45) is 3.60. The summed E-state index contributed by atoms with van der Waals surface area (Å²) in [5.41, 5.74) is 1.05. The summed E-state index contributed by atoms with van der Waals surface area (Å²) in [6.45, 7) is 3.94. The van der Waals surface area contributed by atoms with Gasteiger partial charge < -0.3 is 10.6 Å². The molecule has 88 valence electrons. The van der Waals surface area contributed by atoms with Crippen molar-refractivity contribution in [1.82, 2.24) is 15.6 Å². The molecule has 0 atom stereocenters. The van der Waals surface area contributed by atoms with Crippen molar-refractivity contribution in [2.75, 3.05) is 19.6 Å². The van der Waals surface area contributed by atoms with Gasteiger partial charge in [-0.25, -0.2) is 0 Å². The molecule has 0 fully saturated rings. The molecule has 1 aromatic rings. The standard InChI is InChI=1S/C12H19N3O/c1-2-7-15-12(16)10-13-9-6-11-5-3-4-8-14-11/h3-5,8,13H,2,6-7,9-10H2,1H3,(H,15,16). The SMILES string of the molecule is CCCNC(=O)CNCCc1ccccn1. The van der Waals surface area contributed by atoms with Crippen LogP contribution in [0.2, 0.25) is 0 Å². The van der Waals surface area contributed by atoms with Gasteiger partial charge in [-0.15, -0.1) is 0 Å². The molecule has 0 saturated carbocycles. The Kier molecular flexibility index (Phi) is 6.18. The lowest BCUT2D eigenvalue weighted by Crippen LogP contribution is -2.35. The van der Waals surface area contributed by atoms with Gasteiger partial charge in [0.1, 0.15) is 0 Å². The van der Waals surface area contributed by atoms with Crippen LogP contribution < -0.4 is 10.6 Å². The van der Waals surface area contributed by atoms with Gasteiger partial charge in [-0.1, -0.05) is 13.0 Å². The second-order valence-corrected chi connectivity index (χ2v) is 3.60. The number of hydrogen-bond donors (Lipinski definition) is 2. The first kappa shape index (κ1) is 12.6. The summed E-state index contributed by atoms with van der Waals surface area (Å²) in [6, 6.07) is 5.85. The smallest absolute Gasteiger partial charge is 0.233 e. The zero-order valence-corrected chi connectivity index (χ0v) is 9.70. The first-order chi connectivity index (χ1) is 7.83.